The summed E-state index contributed by atoms with van der Waals surface area (Å²) in [7, 11) is 2.00. The van der Waals surface area contributed by atoms with E-state index in [0.29, 0.717) is 0 Å². The third-order valence-electron chi connectivity index (χ3n) is 2.80. The van der Waals surface area contributed by atoms with Gasteiger partial charge in [0.2, 0.25) is 0 Å². The van der Waals surface area contributed by atoms with Crippen molar-refractivity contribution >= 4 is 59.9 Å². The van der Waals surface area contributed by atoms with Crippen LogP contribution in [-0.4, -0.2) is 9.55 Å². The van der Waals surface area contributed by atoms with Gasteiger partial charge in [0.15, 0.2) is 0 Å². The molecule has 2 aromatic heterocycles. The first-order chi connectivity index (χ1) is 8.56. The number of benzene rings is 1. The lowest BCUT2D eigenvalue weighted by atomic mass is 10.3. The van der Waals surface area contributed by atoms with E-state index >= 15 is 0 Å². The monoisotopic (exact) mass is 385 g/mol. The van der Waals surface area contributed by atoms with Gasteiger partial charge in [0, 0.05) is 18.3 Å². The Morgan fingerprint density at radius 2 is 2.06 bits per heavy atom. The summed E-state index contributed by atoms with van der Waals surface area (Å²) >= 11 is 8.70. The molecule has 0 saturated heterocycles. The number of rotatable bonds is 1. The van der Waals surface area contributed by atoms with Crippen LogP contribution in [0.25, 0.3) is 22.4 Å². The summed E-state index contributed by atoms with van der Waals surface area (Å²) < 4.78 is 4.21. The summed E-state index contributed by atoms with van der Waals surface area (Å²) in [6.45, 7) is 0. The first kappa shape index (κ1) is 12.2. The van der Waals surface area contributed by atoms with Gasteiger partial charge in [-0.25, -0.2) is 4.98 Å². The van der Waals surface area contributed by atoms with Crippen LogP contribution in [0.1, 0.15) is 0 Å². The van der Waals surface area contributed by atoms with Crippen LogP contribution in [0.2, 0.25) is 0 Å². The van der Waals surface area contributed by atoms with Crippen molar-refractivity contribution in [2.24, 2.45) is 7.05 Å². The number of nitrogens with zero attached hydrogens (tertiary/aromatic N) is 2. The zero-order chi connectivity index (χ0) is 12.9. The van der Waals surface area contributed by atoms with Crippen LogP contribution in [0.5, 0.6) is 0 Å². The van der Waals surface area contributed by atoms with Crippen LogP contribution < -0.4 is 5.73 Å². The average Bonchev–Trinajstić information content (AvgIpc) is 2.80. The standard InChI is InChI=1S/C12H9Br2N3S/c1-17-9-4-6(15)2-3-8(9)16-12(17)7-5-10(13)18-11(7)14/h2-5H,15H2,1H3. The van der Waals surface area contributed by atoms with Gasteiger partial charge in [-0.3, -0.25) is 0 Å². The van der Waals surface area contributed by atoms with E-state index in [4.69, 9.17) is 5.73 Å². The highest BCUT2D eigenvalue weighted by molar-refractivity contribution is 9.12. The van der Waals surface area contributed by atoms with Crippen LogP contribution >= 0.6 is 43.2 Å². The molecule has 0 radical (unpaired) electrons. The summed E-state index contributed by atoms with van der Waals surface area (Å²) in [5, 5.41) is 0. The van der Waals surface area contributed by atoms with Crippen LogP contribution in [0.15, 0.2) is 31.8 Å². The lowest BCUT2D eigenvalue weighted by Crippen LogP contribution is -1.92. The Balaban J connectivity index is 2.30. The Hall–Kier alpha value is -0.850. The van der Waals surface area contributed by atoms with Gasteiger partial charge in [-0.1, -0.05) is 0 Å². The normalized spacial score (nSPS) is 11.3. The van der Waals surface area contributed by atoms with E-state index in [1.54, 1.807) is 11.3 Å². The number of fused-ring (bicyclic) bond motifs is 1. The lowest BCUT2D eigenvalue weighted by Gasteiger charge is -2.00. The Morgan fingerprint density at radius 3 is 2.72 bits per heavy atom. The molecule has 18 heavy (non-hydrogen) atoms. The summed E-state index contributed by atoms with van der Waals surface area (Å²) in [5.74, 6) is 0.935. The Kier molecular flexibility index (Phi) is 2.96. The minimum atomic E-state index is 0.752. The number of nitrogen functional groups attached to an aromatic ring is 1. The molecule has 0 bridgehead atoms. The Morgan fingerprint density at radius 1 is 1.28 bits per heavy atom. The molecule has 1 aromatic carbocycles. The fraction of sp³-hybridized carbons (Fsp3) is 0.0833. The highest BCUT2D eigenvalue weighted by Gasteiger charge is 2.15. The van der Waals surface area contributed by atoms with Gasteiger partial charge in [0.1, 0.15) is 5.82 Å². The summed E-state index contributed by atoms with van der Waals surface area (Å²) in [4.78, 5) is 4.66. The fourth-order valence-corrected chi connectivity index (χ4v) is 4.73. The molecule has 3 rings (SSSR count). The number of thiophene rings is 1. The number of hydrogen-bond acceptors (Lipinski definition) is 3. The molecule has 2 heterocycles. The summed E-state index contributed by atoms with van der Waals surface area (Å²) in [6.07, 6.45) is 0. The van der Waals surface area contributed by atoms with Crippen molar-refractivity contribution in [2.75, 3.05) is 5.73 Å². The van der Waals surface area contributed by atoms with Gasteiger partial charge in [0.25, 0.3) is 0 Å². The minimum absolute atomic E-state index is 0.752. The number of imidazole rings is 1. The van der Waals surface area contributed by atoms with Crippen molar-refractivity contribution in [3.05, 3.63) is 31.8 Å². The van der Waals surface area contributed by atoms with Crippen molar-refractivity contribution in [2.45, 2.75) is 0 Å². The molecule has 0 spiro atoms. The van der Waals surface area contributed by atoms with E-state index in [2.05, 4.69) is 47.5 Å². The van der Waals surface area contributed by atoms with E-state index in [-0.39, 0.29) is 0 Å². The fourth-order valence-electron chi connectivity index (χ4n) is 1.94. The Bertz CT molecular complexity index is 745. The van der Waals surface area contributed by atoms with Gasteiger partial charge in [-0.15, -0.1) is 11.3 Å². The second-order valence-corrected chi connectivity index (χ2v) is 7.73. The highest BCUT2D eigenvalue weighted by Crippen LogP contribution is 2.38. The van der Waals surface area contributed by atoms with Crippen LogP contribution in [0.4, 0.5) is 5.69 Å². The van der Waals surface area contributed by atoms with E-state index < -0.39 is 0 Å². The number of aromatic nitrogens is 2. The van der Waals surface area contributed by atoms with Crippen molar-refractivity contribution < 1.29 is 0 Å². The number of hydrogen-bond donors (Lipinski definition) is 1. The molecule has 0 aliphatic rings. The van der Waals surface area contributed by atoms with Gasteiger partial charge >= 0.3 is 0 Å². The highest BCUT2D eigenvalue weighted by atomic mass is 79.9. The molecule has 0 atom stereocenters. The molecule has 6 heteroatoms. The molecule has 0 saturated carbocycles. The van der Waals surface area contributed by atoms with Gasteiger partial charge in [0.05, 0.1) is 18.6 Å². The molecule has 0 aliphatic heterocycles. The van der Waals surface area contributed by atoms with E-state index in [9.17, 15) is 0 Å². The second kappa shape index (κ2) is 4.36. The maximum Gasteiger partial charge on any atom is 0.142 e. The zero-order valence-electron chi connectivity index (χ0n) is 9.45. The van der Waals surface area contributed by atoms with Gasteiger partial charge in [-0.2, -0.15) is 0 Å². The van der Waals surface area contributed by atoms with Crippen LogP contribution in [-0.2, 0) is 7.05 Å². The lowest BCUT2D eigenvalue weighted by molar-refractivity contribution is 0.960. The quantitative estimate of drug-likeness (QED) is 0.629. The van der Waals surface area contributed by atoms with E-state index in [1.807, 2.05) is 25.2 Å². The molecule has 0 amide bonds. The molecular weight excluding hydrogens is 378 g/mol. The van der Waals surface area contributed by atoms with E-state index in [0.717, 1.165) is 35.7 Å². The number of anilines is 1. The van der Waals surface area contributed by atoms with Crippen molar-refractivity contribution in [1.82, 2.24) is 9.55 Å². The van der Waals surface area contributed by atoms with Crippen molar-refractivity contribution in [3.8, 4) is 11.4 Å². The number of halogens is 2. The molecule has 2 N–H and O–H groups in total. The maximum absolute atomic E-state index is 5.82. The third-order valence-corrected chi connectivity index (χ3v) is 5.14. The molecule has 0 aliphatic carbocycles. The van der Waals surface area contributed by atoms with Gasteiger partial charge < -0.3 is 10.3 Å². The molecule has 0 fully saturated rings. The first-order valence-corrected chi connectivity index (χ1v) is 7.63. The average molecular weight is 387 g/mol. The number of nitrogens with two attached hydrogens (primary N) is 1. The summed E-state index contributed by atoms with van der Waals surface area (Å²) in [5.41, 5.74) is 9.65. The van der Waals surface area contributed by atoms with Crippen molar-refractivity contribution in [3.63, 3.8) is 0 Å². The van der Waals surface area contributed by atoms with Crippen LogP contribution in [0, 0.1) is 0 Å². The smallest absolute Gasteiger partial charge is 0.142 e. The SMILES string of the molecule is Cn1c(-c2cc(Br)sc2Br)nc2ccc(N)cc21. The largest absolute Gasteiger partial charge is 0.399 e. The van der Waals surface area contributed by atoms with Crippen LogP contribution in [0.3, 0.4) is 0 Å². The first-order valence-electron chi connectivity index (χ1n) is 5.23. The molecular formula is C12H9Br2N3S. The number of aryl methyl sites for hydroxylation is 1. The zero-order valence-corrected chi connectivity index (χ0v) is 13.4. The predicted octanol–water partition coefficient (Wildman–Crippen LogP) is 4.41. The minimum Gasteiger partial charge on any atom is -0.399 e. The summed E-state index contributed by atoms with van der Waals surface area (Å²) in [6, 6.07) is 7.83. The molecule has 0 unspecified atom stereocenters. The van der Waals surface area contributed by atoms with E-state index in [1.165, 1.54) is 0 Å². The second-order valence-electron chi connectivity index (χ2n) is 3.98. The predicted molar refractivity (Wildman–Crippen MR) is 83.8 cm³/mol. The Labute approximate surface area is 125 Å². The molecule has 3 nitrogen and oxygen atoms in total. The van der Waals surface area contributed by atoms with Gasteiger partial charge in [-0.05, 0) is 56.1 Å². The molecule has 92 valence electrons. The topological polar surface area (TPSA) is 43.8 Å². The maximum atomic E-state index is 5.82. The molecule has 3 aromatic rings. The third kappa shape index (κ3) is 1.88. The van der Waals surface area contributed by atoms with Crippen molar-refractivity contribution in [1.29, 1.82) is 0 Å².